The molecule has 3 unspecified atom stereocenters. The fourth-order valence-electron chi connectivity index (χ4n) is 2.09. The molecule has 0 aliphatic rings. The Morgan fingerprint density at radius 2 is 1.95 bits per heavy atom. The Bertz CT molecular complexity index is 426. The zero-order valence-corrected chi connectivity index (χ0v) is 12.8. The summed E-state index contributed by atoms with van der Waals surface area (Å²) in [6.45, 7) is 11.9. The standard InChI is InChI=1S/C15H26N2O2/c1-7-9(2)16-15(18)12(5)17-11(4)14-8-10(3)19-13(14)6/h8-9,11-12,17H,7H2,1-6H3,(H,16,18). The van der Waals surface area contributed by atoms with Gasteiger partial charge in [-0.1, -0.05) is 6.92 Å². The molecular formula is C15H26N2O2. The van der Waals surface area contributed by atoms with Gasteiger partial charge in [-0.15, -0.1) is 0 Å². The third-order valence-electron chi connectivity index (χ3n) is 3.44. The van der Waals surface area contributed by atoms with Crippen molar-refractivity contribution in [1.29, 1.82) is 0 Å². The molecule has 1 amide bonds. The van der Waals surface area contributed by atoms with Gasteiger partial charge in [-0.3, -0.25) is 10.1 Å². The van der Waals surface area contributed by atoms with Crippen molar-refractivity contribution in [1.82, 2.24) is 10.6 Å². The molecule has 3 atom stereocenters. The summed E-state index contributed by atoms with van der Waals surface area (Å²) >= 11 is 0. The first-order valence-corrected chi connectivity index (χ1v) is 6.98. The van der Waals surface area contributed by atoms with E-state index in [4.69, 9.17) is 4.42 Å². The molecule has 0 aliphatic heterocycles. The Labute approximate surface area is 116 Å². The molecule has 0 fully saturated rings. The highest BCUT2D eigenvalue weighted by Gasteiger charge is 2.19. The minimum absolute atomic E-state index is 0.0408. The zero-order valence-electron chi connectivity index (χ0n) is 12.8. The topological polar surface area (TPSA) is 54.3 Å². The number of furan rings is 1. The van der Waals surface area contributed by atoms with E-state index in [2.05, 4.69) is 17.6 Å². The quantitative estimate of drug-likeness (QED) is 0.832. The molecule has 1 aromatic heterocycles. The predicted octanol–water partition coefficient (Wildman–Crippen LogP) is 2.85. The van der Waals surface area contributed by atoms with Crippen molar-refractivity contribution in [2.24, 2.45) is 0 Å². The number of carbonyl (C=O) groups is 1. The van der Waals surface area contributed by atoms with E-state index in [1.54, 1.807) is 0 Å². The van der Waals surface area contributed by atoms with Crippen LogP contribution in [0.15, 0.2) is 10.5 Å². The summed E-state index contributed by atoms with van der Waals surface area (Å²) in [5, 5.41) is 6.29. The van der Waals surface area contributed by atoms with Crippen LogP contribution in [0.2, 0.25) is 0 Å². The second-order valence-electron chi connectivity index (χ2n) is 5.30. The number of rotatable bonds is 6. The maximum absolute atomic E-state index is 12.0. The van der Waals surface area contributed by atoms with Crippen molar-refractivity contribution in [3.05, 3.63) is 23.2 Å². The molecule has 1 rings (SSSR count). The average molecular weight is 266 g/mol. The van der Waals surface area contributed by atoms with E-state index in [1.165, 1.54) is 0 Å². The first kappa shape index (κ1) is 15.8. The minimum Gasteiger partial charge on any atom is -0.466 e. The molecule has 0 spiro atoms. The van der Waals surface area contributed by atoms with Gasteiger partial charge in [0.05, 0.1) is 6.04 Å². The van der Waals surface area contributed by atoms with E-state index in [-0.39, 0.29) is 24.0 Å². The third kappa shape index (κ3) is 4.39. The summed E-state index contributed by atoms with van der Waals surface area (Å²) in [6.07, 6.45) is 0.939. The van der Waals surface area contributed by atoms with Crippen molar-refractivity contribution in [2.45, 2.75) is 66.1 Å². The molecule has 4 nitrogen and oxygen atoms in total. The van der Waals surface area contributed by atoms with Gasteiger partial charge >= 0.3 is 0 Å². The summed E-state index contributed by atoms with van der Waals surface area (Å²) in [4.78, 5) is 12.0. The van der Waals surface area contributed by atoms with Gasteiger partial charge in [0.1, 0.15) is 11.5 Å². The molecule has 0 saturated carbocycles. The summed E-state index contributed by atoms with van der Waals surface area (Å²) in [5.41, 5.74) is 1.11. The van der Waals surface area contributed by atoms with Gasteiger partial charge in [0, 0.05) is 17.6 Å². The normalized spacial score (nSPS) is 15.9. The summed E-state index contributed by atoms with van der Waals surface area (Å²) in [5.74, 6) is 1.85. The smallest absolute Gasteiger partial charge is 0.237 e. The first-order valence-electron chi connectivity index (χ1n) is 6.98. The highest BCUT2D eigenvalue weighted by Crippen LogP contribution is 2.21. The first-order chi connectivity index (χ1) is 8.85. The van der Waals surface area contributed by atoms with E-state index in [0.29, 0.717) is 0 Å². The Balaban J connectivity index is 2.59. The minimum atomic E-state index is -0.224. The molecule has 0 bridgehead atoms. The van der Waals surface area contributed by atoms with Crippen LogP contribution in [0.5, 0.6) is 0 Å². The molecule has 0 radical (unpaired) electrons. The number of carbonyl (C=O) groups excluding carboxylic acids is 1. The molecule has 19 heavy (non-hydrogen) atoms. The highest BCUT2D eigenvalue weighted by molar-refractivity contribution is 5.81. The van der Waals surface area contributed by atoms with Crippen molar-refractivity contribution in [3.8, 4) is 0 Å². The summed E-state index contributed by atoms with van der Waals surface area (Å²) < 4.78 is 5.52. The lowest BCUT2D eigenvalue weighted by atomic mass is 10.1. The molecular weight excluding hydrogens is 240 g/mol. The van der Waals surface area contributed by atoms with Gasteiger partial charge in [0.2, 0.25) is 5.91 Å². The average Bonchev–Trinajstić information content (AvgIpc) is 2.68. The molecule has 0 saturated heterocycles. The van der Waals surface area contributed by atoms with Crippen molar-refractivity contribution < 1.29 is 9.21 Å². The number of hydrogen-bond acceptors (Lipinski definition) is 3. The Morgan fingerprint density at radius 3 is 2.42 bits per heavy atom. The van der Waals surface area contributed by atoms with E-state index < -0.39 is 0 Å². The monoisotopic (exact) mass is 266 g/mol. The van der Waals surface area contributed by atoms with E-state index in [1.807, 2.05) is 40.7 Å². The van der Waals surface area contributed by atoms with Gasteiger partial charge in [0.15, 0.2) is 0 Å². The number of nitrogens with one attached hydrogen (secondary N) is 2. The van der Waals surface area contributed by atoms with Crippen LogP contribution in [0.1, 0.15) is 57.2 Å². The lowest BCUT2D eigenvalue weighted by Crippen LogP contribution is -2.46. The molecule has 0 aromatic carbocycles. The van der Waals surface area contributed by atoms with Gasteiger partial charge in [-0.25, -0.2) is 0 Å². The molecule has 4 heteroatoms. The van der Waals surface area contributed by atoms with Gasteiger partial charge in [-0.2, -0.15) is 0 Å². The van der Waals surface area contributed by atoms with Crippen molar-refractivity contribution >= 4 is 5.91 Å². The molecule has 2 N–H and O–H groups in total. The fourth-order valence-corrected chi connectivity index (χ4v) is 2.09. The van der Waals surface area contributed by atoms with Crippen LogP contribution in [0, 0.1) is 13.8 Å². The number of amides is 1. The van der Waals surface area contributed by atoms with Crippen LogP contribution in [0.4, 0.5) is 0 Å². The Morgan fingerprint density at radius 1 is 1.32 bits per heavy atom. The van der Waals surface area contributed by atoms with Crippen molar-refractivity contribution in [3.63, 3.8) is 0 Å². The molecule has 1 aromatic rings. The number of hydrogen-bond donors (Lipinski definition) is 2. The second kappa shape index (κ2) is 6.75. The zero-order chi connectivity index (χ0) is 14.6. The summed E-state index contributed by atoms with van der Waals surface area (Å²) in [6, 6.07) is 2.10. The van der Waals surface area contributed by atoms with E-state index in [9.17, 15) is 4.79 Å². The van der Waals surface area contributed by atoms with Gasteiger partial charge in [-0.05, 0) is 47.1 Å². The van der Waals surface area contributed by atoms with E-state index >= 15 is 0 Å². The molecule has 108 valence electrons. The lowest BCUT2D eigenvalue weighted by Gasteiger charge is -2.21. The molecule has 1 heterocycles. The van der Waals surface area contributed by atoms with Crippen LogP contribution in [0.3, 0.4) is 0 Å². The van der Waals surface area contributed by atoms with Crippen molar-refractivity contribution in [2.75, 3.05) is 0 Å². The summed E-state index contributed by atoms with van der Waals surface area (Å²) in [7, 11) is 0. The second-order valence-corrected chi connectivity index (χ2v) is 5.30. The third-order valence-corrected chi connectivity index (χ3v) is 3.44. The lowest BCUT2D eigenvalue weighted by molar-refractivity contribution is -0.123. The van der Waals surface area contributed by atoms with Gasteiger partial charge in [0.25, 0.3) is 0 Å². The van der Waals surface area contributed by atoms with Crippen LogP contribution in [-0.2, 0) is 4.79 Å². The van der Waals surface area contributed by atoms with E-state index in [0.717, 1.165) is 23.5 Å². The maximum Gasteiger partial charge on any atom is 0.237 e. The highest BCUT2D eigenvalue weighted by atomic mass is 16.3. The maximum atomic E-state index is 12.0. The van der Waals surface area contributed by atoms with Crippen LogP contribution < -0.4 is 10.6 Å². The Hall–Kier alpha value is -1.29. The number of aryl methyl sites for hydroxylation is 2. The van der Waals surface area contributed by atoms with Gasteiger partial charge < -0.3 is 9.73 Å². The predicted molar refractivity (Wildman–Crippen MR) is 77.1 cm³/mol. The largest absolute Gasteiger partial charge is 0.466 e. The molecule has 0 aliphatic carbocycles. The Kier molecular flexibility index (Phi) is 5.60. The van der Waals surface area contributed by atoms with Crippen LogP contribution in [-0.4, -0.2) is 18.0 Å². The van der Waals surface area contributed by atoms with Crippen LogP contribution >= 0.6 is 0 Å². The SMILES string of the molecule is CCC(C)NC(=O)C(C)NC(C)c1cc(C)oc1C. The fraction of sp³-hybridized carbons (Fsp3) is 0.667. The van der Waals surface area contributed by atoms with Crippen LogP contribution in [0.25, 0.3) is 0 Å².